The Hall–Kier alpha value is -0.150. The quantitative estimate of drug-likeness (QED) is 0.775. The van der Waals surface area contributed by atoms with Gasteiger partial charge in [-0.05, 0) is 52.9 Å². The summed E-state index contributed by atoms with van der Waals surface area (Å²) in [7, 11) is -3.60. The van der Waals surface area contributed by atoms with Crippen LogP contribution in [0, 0.1) is 5.92 Å². The Morgan fingerprint density at radius 2 is 2.15 bits per heavy atom. The Labute approximate surface area is 135 Å². The van der Waals surface area contributed by atoms with E-state index in [0.717, 1.165) is 17.3 Å². The SMILES string of the molecule is O=S(=O)(Nc1cc(Br)ccc1Br)N1CCCC(CO)C1. The molecule has 2 rings (SSSR count). The van der Waals surface area contributed by atoms with Crippen molar-refractivity contribution < 1.29 is 13.5 Å². The van der Waals surface area contributed by atoms with Gasteiger partial charge in [0.1, 0.15) is 0 Å². The second kappa shape index (κ2) is 6.74. The molecule has 1 aromatic rings. The van der Waals surface area contributed by atoms with Crippen LogP contribution in [0.1, 0.15) is 12.8 Å². The van der Waals surface area contributed by atoms with Crippen LogP contribution in [0.5, 0.6) is 0 Å². The van der Waals surface area contributed by atoms with Gasteiger partial charge in [-0.25, -0.2) is 0 Å². The van der Waals surface area contributed by atoms with Crippen LogP contribution in [0.3, 0.4) is 0 Å². The Kier molecular flexibility index (Phi) is 5.47. The maximum atomic E-state index is 12.4. The lowest BCUT2D eigenvalue weighted by Gasteiger charge is -2.31. The first-order valence-electron chi connectivity index (χ1n) is 6.26. The minimum atomic E-state index is -3.60. The average molecular weight is 428 g/mol. The van der Waals surface area contributed by atoms with Crippen LogP contribution in [0.25, 0.3) is 0 Å². The van der Waals surface area contributed by atoms with Gasteiger partial charge in [0, 0.05) is 28.6 Å². The summed E-state index contributed by atoms with van der Waals surface area (Å²) in [5, 5.41) is 9.19. The molecule has 112 valence electrons. The first kappa shape index (κ1) is 16.2. The number of anilines is 1. The Balaban J connectivity index is 2.16. The van der Waals surface area contributed by atoms with Gasteiger partial charge in [-0.1, -0.05) is 15.9 Å². The van der Waals surface area contributed by atoms with Crippen molar-refractivity contribution in [2.45, 2.75) is 12.8 Å². The van der Waals surface area contributed by atoms with Crippen molar-refractivity contribution in [1.82, 2.24) is 4.31 Å². The van der Waals surface area contributed by atoms with Crippen LogP contribution in [-0.2, 0) is 10.2 Å². The number of hydrogen-bond donors (Lipinski definition) is 2. The second-order valence-corrected chi connectivity index (χ2v) is 8.22. The van der Waals surface area contributed by atoms with E-state index in [1.165, 1.54) is 4.31 Å². The lowest BCUT2D eigenvalue weighted by Crippen LogP contribution is -2.43. The Morgan fingerprint density at radius 1 is 1.40 bits per heavy atom. The van der Waals surface area contributed by atoms with Gasteiger partial charge in [0.2, 0.25) is 0 Å². The van der Waals surface area contributed by atoms with Gasteiger partial charge in [-0.3, -0.25) is 4.72 Å². The summed E-state index contributed by atoms with van der Waals surface area (Å²) < 4.78 is 30.2. The topological polar surface area (TPSA) is 69.6 Å². The highest BCUT2D eigenvalue weighted by atomic mass is 79.9. The molecule has 2 N–H and O–H groups in total. The number of hydrogen-bond acceptors (Lipinski definition) is 3. The number of benzene rings is 1. The zero-order chi connectivity index (χ0) is 14.8. The standard InChI is InChI=1S/C12H16Br2N2O3S/c13-10-3-4-11(14)12(6-10)15-20(18,19)16-5-1-2-9(7-16)8-17/h3-4,6,9,15,17H,1-2,5,7-8H2. The third-order valence-corrected chi connectivity index (χ3v) is 5.92. The summed E-state index contributed by atoms with van der Waals surface area (Å²) >= 11 is 6.64. The largest absolute Gasteiger partial charge is 0.396 e. The van der Waals surface area contributed by atoms with E-state index in [1.54, 1.807) is 12.1 Å². The highest BCUT2D eigenvalue weighted by molar-refractivity contribution is 9.11. The molecule has 0 aliphatic carbocycles. The van der Waals surface area contributed by atoms with E-state index in [4.69, 9.17) is 0 Å². The molecule has 0 spiro atoms. The smallest absolute Gasteiger partial charge is 0.301 e. The highest BCUT2D eigenvalue weighted by Crippen LogP contribution is 2.28. The van der Waals surface area contributed by atoms with Crippen molar-refractivity contribution in [2.24, 2.45) is 5.92 Å². The summed E-state index contributed by atoms with van der Waals surface area (Å²) in [6.45, 7) is 0.863. The molecule has 1 fully saturated rings. The molecule has 1 aliphatic rings. The number of nitrogens with one attached hydrogen (secondary N) is 1. The number of rotatable bonds is 4. The third-order valence-electron chi connectivity index (χ3n) is 3.25. The van der Waals surface area contributed by atoms with Crippen LogP contribution in [0.15, 0.2) is 27.1 Å². The predicted octanol–water partition coefficient (Wildman–Crippen LogP) is 2.57. The van der Waals surface area contributed by atoms with E-state index in [9.17, 15) is 13.5 Å². The molecule has 1 aromatic carbocycles. The van der Waals surface area contributed by atoms with E-state index in [0.29, 0.717) is 23.2 Å². The van der Waals surface area contributed by atoms with Crippen LogP contribution >= 0.6 is 31.9 Å². The van der Waals surface area contributed by atoms with Gasteiger partial charge in [0.05, 0.1) is 5.69 Å². The fourth-order valence-electron chi connectivity index (χ4n) is 2.17. The fourth-order valence-corrected chi connectivity index (χ4v) is 4.36. The molecule has 0 saturated carbocycles. The third kappa shape index (κ3) is 3.94. The van der Waals surface area contributed by atoms with E-state index in [2.05, 4.69) is 36.6 Å². The Bertz CT molecular complexity index is 580. The van der Waals surface area contributed by atoms with Crippen LogP contribution in [-0.4, -0.2) is 37.5 Å². The zero-order valence-electron chi connectivity index (χ0n) is 10.7. The van der Waals surface area contributed by atoms with Gasteiger partial charge in [0.15, 0.2) is 0 Å². The number of aliphatic hydroxyl groups excluding tert-OH is 1. The average Bonchev–Trinajstić information content (AvgIpc) is 2.43. The zero-order valence-corrected chi connectivity index (χ0v) is 14.7. The number of aliphatic hydroxyl groups is 1. The molecule has 1 saturated heterocycles. The van der Waals surface area contributed by atoms with Crippen molar-refractivity contribution >= 4 is 47.8 Å². The molecule has 1 unspecified atom stereocenters. The van der Waals surface area contributed by atoms with Crippen molar-refractivity contribution in [3.8, 4) is 0 Å². The van der Waals surface area contributed by atoms with Crippen molar-refractivity contribution in [1.29, 1.82) is 0 Å². The molecule has 1 atom stereocenters. The molecule has 0 amide bonds. The second-order valence-electron chi connectivity index (χ2n) is 4.78. The van der Waals surface area contributed by atoms with Gasteiger partial charge in [-0.15, -0.1) is 0 Å². The minimum absolute atomic E-state index is 0.0197. The first-order chi connectivity index (χ1) is 9.42. The van der Waals surface area contributed by atoms with Crippen molar-refractivity contribution in [2.75, 3.05) is 24.4 Å². The highest BCUT2D eigenvalue weighted by Gasteiger charge is 2.28. The normalized spacial score (nSPS) is 20.9. The minimum Gasteiger partial charge on any atom is -0.396 e. The van der Waals surface area contributed by atoms with Crippen LogP contribution in [0.4, 0.5) is 5.69 Å². The summed E-state index contributed by atoms with van der Waals surface area (Å²) in [6.07, 6.45) is 1.63. The van der Waals surface area contributed by atoms with E-state index in [1.807, 2.05) is 6.07 Å². The Morgan fingerprint density at radius 3 is 2.85 bits per heavy atom. The monoisotopic (exact) mass is 426 g/mol. The van der Waals surface area contributed by atoms with E-state index < -0.39 is 10.2 Å². The van der Waals surface area contributed by atoms with Crippen molar-refractivity contribution in [3.63, 3.8) is 0 Å². The molecule has 1 aliphatic heterocycles. The van der Waals surface area contributed by atoms with Gasteiger partial charge >= 0.3 is 10.2 Å². The van der Waals surface area contributed by atoms with Gasteiger partial charge in [-0.2, -0.15) is 12.7 Å². The van der Waals surface area contributed by atoms with Crippen molar-refractivity contribution in [3.05, 3.63) is 27.1 Å². The maximum Gasteiger partial charge on any atom is 0.301 e. The number of nitrogens with zero attached hydrogens (tertiary/aromatic N) is 1. The molecule has 1 heterocycles. The van der Waals surface area contributed by atoms with Crippen LogP contribution < -0.4 is 4.72 Å². The number of halogens is 2. The molecular formula is C12H16Br2N2O3S. The summed E-state index contributed by atoms with van der Waals surface area (Å²) in [5.74, 6) is 0.0197. The predicted molar refractivity (Wildman–Crippen MR) is 85.8 cm³/mol. The van der Waals surface area contributed by atoms with Gasteiger partial charge < -0.3 is 5.11 Å². The maximum absolute atomic E-state index is 12.4. The first-order valence-corrected chi connectivity index (χ1v) is 9.29. The molecular weight excluding hydrogens is 412 g/mol. The summed E-state index contributed by atoms with van der Waals surface area (Å²) in [5.41, 5.74) is 0.491. The van der Waals surface area contributed by atoms with E-state index in [-0.39, 0.29) is 12.5 Å². The molecule has 8 heteroatoms. The summed E-state index contributed by atoms with van der Waals surface area (Å²) in [6, 6.07) is 5.30. The fraction of sp³-hybridized carbons (Fsp3) is 0.500. The lowest BCUT2D eigenvalue weighted by atomic mass is 10.0. The molecule has 5 nitrogen and oxygen atoms in total. The van der Waals surface area contributed by atoms with Gasteiger partial charge in [0.25, 0.3) is 0 Å². The summed E-state index contributed by atoms with van der Waals surface area (Å²) in [4.78, 5) is 0. The number of piperidine rings is 1. The molecule has 0 bridgehead atoms. The molecule has 0 radical (unpaired) electrons. The lowest BCUT2D eigenvalue weighted by molar-refractivity contribution is 0.166. The molecule has 20 heavy (non-hydrogen) atoms. The van der Waals surface area contributed by atoms with Crippen LogP contribution in [0.2, 0.25) is 0 Å². The van der Waals surface area contributed by atoms with E-state index >= 15 is 0 Å². The molecule has 0 aromatic heterocycles.